The second-order valence-electron chi connectivity index (χ2n) is 3.25. The molecule has 0 bridgehead atoms. The molecule has 1 rings (SSSR count). The summed E-state index contributed by atoms with van der Waals surface area (Å²) in [5, 5.41) is 0.0687. The van der Waals surface area contributed by atoms with Crippen molar-refractivity contribution < 1.29 is 13.2 Å². The third kappa shape index (κ3) is 2.86. The van der Waals surface area contributed by atoms with E-state index in [1.54, 1.807) is 0 Å². The molecule has 1 atom stereocenters. The predicted molar refractivity (Wildman–Crippen MR) is 53.7 cm³/mol. The highest BCUT2D eigenvalue weighted by molar-refractivity contribution is 6.31. The monoisotopic (exact) mass is 237 g/mol. The Morgan fingerprint density at radius 2 is 2.00 bits per heavy atom. The molecule has 1 nitrogen and oxygen atoms in total. The normalized spacial score (nSPS) is 14.0. The lowest BCUT2D eigenvalue weighted by Crippen LogP contribution is -2.11. The van der Waals surface area contributed by atoms with Crippen molar-refractivity contribution in [3.63, 3.8) is 0 Å². The molecule has 0 radical (unpaired) electrons. The van der Waals surface area contributed by atoms with Crippen LogP contribution in [0, 0.1) is 0 Å². The Hall–Kier alpha value is -0.740. The molecule has 0 aromatic heterocycles. The summed E-state index contributed by atoms with van der Waals surface area (Å²) >= 11 is 5.73. The van der Waals surface area contributed by atoms with Crippen molar-refractivity contribution in [2.24, 2.45) is 5.73 Å². The molecule has 0 amide bonds. The zero-order valence-corrected chi connectivity index (χ0v) is 8.86. The molecule has 1 aromatic carbocycles. The fourth-order valence-electron chi connectivity index (χ4n) is 1.22. The first-order chi connectivity index (χ1) is 6.86. The van der Waals surface area contributed by atoms with E-state index in [4.69, 9.17) is 17.3 Å². The molecule has 0 saturated heterocycles. The van der Waals surface area contributed by atoms with Crippen molar-refractivity contribution in [2.45, 2.75) is 25.6 Å². The zero-order valence-electron chi connectivity index (χ0n) is 8.11. The highest BCUT2D eigenvalue weighted by Gasteiger charge is 2.31. The van der Waals surface area contributed by atoms with Gasteiger partial charge in [0, 0.05) is 11.1 Å². The van der Waals surface area contributed by atoms with E-state index in [9.17, 15) is 13.2 Å². The van der Waals surface area contributed by atoms with E-state index in [0.29, 0.717) is 12.0 Å². The Morgan fingerprint density at radius 1 is 1.40 bits per heavy atom. The molecular formula is C10H11ClF3N. The van der Waals surface area contributed by atoms with Gasteiger partial charge in [-0.1, -0.05) is 24.6 Å². The molecular weight excluding hydrogens is 227 g/mol. The molecule has 0 heterocycles. The lowest BCUT2D eigenvalue weighted by molar-refractivity contribution is -0.137. The highest BCUT2D eigenvalue weighted by atomic mass is 35.5. The minimum atomic E-state index is -4.36. The van der Waals surface area contributed by atoms with Crippen LogP contribution in [0.15, 0.2) is 18.2 Å². The van der Waals surface area contributed by atoms with Crippen molar-refractivity contribution >= 4 is 11.6 Å². The lowest BCUT2D eigenvalue weighted by atomic mass is 10.0. The van der Waals surface area contributed by atoms with Crippen LogP contribution < -0.4 is 5.73 Å². The third-order valence-electron chi connectivity index (χ3n) is 2.17. The second kappa shape index (κ2) is 4.41. The quantitative estimate of drug-likeness (QED) is 0.833. The summed E-state index contributed by atoms with van der Waals surface area (Å²) in [6.07, 6.45) is -3.73. The van der Waals surface area contributed by atoms with Gasteiger partial charge in [0.15, 0.2) is 0 Å². The van der Waals surface area contributed by atoms with E-state index in [-0.39, 0.29) is 11.1 Å². The van der Waals surface area contributed by atoms with Crippen LogP contribution in [0.3, 0.4) is 0 Å². The van der Waals surface area contributed by atoms with Gasteiger partial charge >= 0.3 is 6.18 Å². The van der Waals surface area contributed by atoms with E-state index >= 15 is 0 Å². The molecule has 84 valence electrons. The van der Waals surface area contributed by atoms with E-state index in [1.807, 2.05) is 6.92 Å². The summed E-state index contributed by atoms with van der Waals surface area (Å²) in [6, 6.07) is 2.92. The average molecular weight is 238 g/mol. The summed E-state index contributed by atoms with van der Waals surface area (Å²) in [6.45, 7) is 1.85. The van der Waals surface area contributed by atoms with E-state index in [1.165, 1.54) is 6.07 Å². The zero-order chi connectivity index (χ0) is 11.6. The number of alkyl halides is 3. The summed E-state index contributed by atoms with van der Waals surface area (Å²) < 4.78 is 36.9. The molecule has 0 saturated carbocycles. The van der Waals surface area contributed by atoms with Crippen LogP contribution in [-0.4, -0.2) is 0 Å². The predicted octanol–water partition coefficient (Wildman–Crippen LogP) is 3.77. The summed E-state index contributed by atoms with van der Waals surface area (Å²) in [7, 11) is 0. The number of hydrogen-bond acceptors (Lipinski definition) is 1. The van der Waals surface area contributed by atoms with Crippen LogP contribution in [0.25, 0.3) is 0 Å². The Bertz CT molecular complexity index is 349. The fraction of sp³-hybridized carbons (Fsp3) is 0.400. The van der Waals surface area contributed by atoms with Crippen LogP contribution in [0.5, 0.6) is 0 Å². The summed E-state index contributed by atoms with van der Waals surface area (Å²) in [5.74, 6) is 0. The summed E-state index contributed by atoms with van der Waals surface area (Å²) in [5.41, 5.74) is 5.49. The Labute approximate surface area is 91.0 Å². The molecule has 0 fully saturated rings. The van der Waals surface area contributed by atoms with Crippen LogP contribution in [0.2, 0.25) is 5.02 Å². The first-order valence-electron chi connectivity index (χ1n) is 4.48. The smallest absolute Gasteiger partial charge is 0.324 e. The molecule has 1 unspecified atom stereocenters. The lowest BCUT2D eigenvalue weighted by Gasteiger charge is -2.13. The second-order valence-corrected chi connectivity index (χ2v) is 3.66. The van der Waals surface area contributed by atoms with Gasteiger partial charge in [0.1, 0.15) is 0 Å². The van der Waals surface area contributed by atoms with Crippen molar-refractivity contribution in [3.05, 3.63) is 34.3 Å². The molecule has 15 heavy (non-hydrogen) atoms. The largest absolute Gasteiger partial charge is 0.416 e. The maximum absolute atomic E-state index is 12.3. The average Bonchev–Trinajstić information content (AvgIpc) is 2.15. The molecule has 5 heteroatoms. The SMILES string of the molecule is CCC(N)c1ccc(C(F)(F)F)cc1Cl. The van der Waals surface area contributed by atoms with Gasteiger partial charge in [-0.3, -0.25) is 0 Å². The van der Waals surface area contributed by atoms with Gasteiger partial charge in [-0.25, -0.2) is 0 Å². The maximum atomic E-state index is 12.3. The molecule has 0 aliphatic heterocycles. The first-order valence-corrected chi connectivity index (χ1v) is 4.86. The Kier molecular flexibility index (Phi) is 3.62. The van der Waals surface area contributed by atoms with Gasteiger partial charge in [-0.15, -0.1) is 0 Å². The van der Waals surface area contributed by atoms with Gasteiger partial charge < -0.3 is 5.73 Å². The van der Waals surface area contributed by atoms with E-state index in [0.717, 1.165) is 12.1 Å². The van der Waals surface area contributed by atoms with Gasteiger partial charge in [-0.05, 0) is 24.1 Å². The van der Waals surface area contributed by atoms with Crippen molar-refractivity contribution in [3.8, 4) is 0 Å². The molecule has 0 aliphatic rings. The maximum Gasteiger partial charge on any atom is 0.416 e. The fourth-order valence-corrected chi connectivity index (χ4v) is 1.54. The van der Waals surface area contributed by atoms with Crippen molar-refractivity contribution in [1.29, 1.82) is 0 Å². The Morgan fingerprint density at radius 3 is 2.40 bits per heavy atom. The molecule has 2 N–H and O–H groups in total. The number of nitrogens with two attached hydrogens (primary N) is 1. The van der Waals surface area contributed by atoms with Crippen molar-refractivity contribution in [1.82, 2.24) is 0 Å². The van der Waals surface area contributed by atoms with E-state index in [2.05, 4.69) is 0 Å². The minimum Gasteiger partial charge on any atom is -0.324 e. The van der Waals surface area contributed by atoms with Gasteiger partial charge in [0.25, 0.3) is 0 Å². The molecule has 1 aromatic rings. The standard InChI is InChI=1S/C10H11ClF3N/c1-2-9(15)7-4-3-6(5-8(7)11)10(12,13)14/h3-5,9H,2,15H2,1H3. The number of halogens is 4. The van der Waals surface area contributed by atoms with Crippen LogP contribution in [-0.2, 0) is 6.18 Å². The highest BCUT2D eigenvalue weighted by Crippen LogP contribution is 2.33. The Balaban J connectivity index is 3.09. The molecule has 0 spiro atoms. The van der Waals surface area contributed by atoms with Crippen LogP contribution in [0.1, 0.15) is 30.5 Å². The number of hydrogen-bond donors (Lipinski definition) is 1. The summed E-state index contributed by atoms with van der Waals surface area (Å²) in [4.78, 5) is 0. The topological polar surface area (TPSA) is 26.0 Å². The first kappa shape index (κ1) is 12.3. The number of rotatable bonds is 2. The minimum absolute atomic E-state index is 0.0687. The van der Waals surface area contributed by atoms with Gasteiger partial charge in [-0.2, -0.15) is 13.2 Å². The van der Waals surface area contributed by atoms with Crippen LogP contribution >= 0.6 is 11.6 Å². The van der Waals surface area contributed by atoms with E-state index < -0.39 is 11.7 Å². The van der Waals surface area contributed by atoms with Crippen molar-refractivity contribution in [2.75, 3.05) is 0 Å². The third-order valence-corrected chi connectivity index (χ3v) is 2.49. The van der Waals surface area contributed by atoms with Gasteiger partial charge in [0.2, 0.25) is 0 Å². The molecule has 0 aliphatic carbocycles. The number of benzene rings is 1. The van der Waals surface area contributed by atoms with Gasteiger partial charge in [0.05, 0.1) is 5.56 Å². The van der Waals surface area contributed by atoms with Crippen LogP contribution in [0.4, 0.5) is 13.2 Å².